The summed E-state index contributed by atoms with van der Waals surface area (Å²) < 4.78 is 11.2. The van der Waals surface area contributed by atoms with Gasteiger partial charge in [-0.25, -0.2) is 0 Å². The zero-order chi connectivity index (χ0) is 38.7. The first-order valence-electron chi connectivity index (χ1n) is 23.0. The Bertz CT molecular complexity index is 829. The molecular formula is C47H90NO4P. The topological polar surface area (TPSA) is 55.8 Å². The highest BCUT2D eigenvalue weighted by atomic mass is 31.1. The first kappa shape index (κ1) is 52.0. The summed E-state index contributed by atoms with van der Waals surface area (Å²) in [5.41, 5.74) is 0.542. The van der Waals surface area contributed by atoms with E-state index in [9.17, 15) is 9.59 Å². The van der Waals surface area contributed by atoms with Crippen LogP contribution in [-0.4, -0.2) is 69.2 Å². The van der Waals surface area contributed by atoms with E-state index in [2.05, 4.69) is 51.1 Å². The van der Waals surface area contributed by atoms with Crippen LogP contribution in [0, 0.1) is 0 Å². The van der Waals surface area contributed by atoms with Crippen molar-refractivity contribution in [3.05, 3.63) is 24.3 Å². The van der Waals surface area contributed by atoms with Crippen molar-refractivity contribution in [2.45, 2.75) is 213 Å². The summed E-state index contributed by atoms with van der Waals surface area (Å²) in [5, 5.41) is 0. The number of hydrogen-bond donors (Lipinski definition) is 0. The standard InChI is InChI=1S/C47H90NO4P/c1-5-7-9-11-13-15-17-19-21-26-32-41-51-42-33-27-24-30-36-45-53(47(50)39-37-40-48(3)4)44-35-29-23-25-31-38-46(49)52-43-34-28-22-20-18-16-14-12-10-8-6-2/h26,28,32,34H,5-25,27,29-31,33,35-45H2,1-4H3/b32-26-,34-28-. The van der Waals surface area contributed by atoms with Gasteiger partial charge in [0, 0.05) is 19.4 Å². The lowest BCUT2D eigenvalue weighted by atomic mass is 10.1. The van der Waals surface area contributed by atoms with E-state index in [1.165, 1.54) is 135 Å². The molecule has 0 rings (SSSR count). The van der Waals surface area contributed by atoms with Crippen LogP contribution in [0.5, 0.6) is 0 Å². The summed E-state index contributed by atoms with van der Waals surface area (Å²) in [6, 6.07) is 0. The van der Waals surface area contributed by atoms with Crippen molar-refractivity contribution in [1.82, 2.24) is 4.90 Å². The quantitative estimate of drug-likeness (QED) is 0.0268. The van der Waals surface area contributed by atoms with Gasteiger partial charge < -0.3 is 14.4 Å². The highest BCUT2D eigenvalue weighted by molar-refractivity contribution is 7.74. The first-order chi connectivity index (χ1) is 26.0. The van der Waals surface area contributed by atoms with Gasteiger partial charge >= 0.3 is 5.97 Å². The van der Waals surface area contributed by atoms with Gasteiger partial charge in [-0.15, -0.1) is 0 Å². The van der Waals surface area contributed by atoms with Crippen molar-refractivity contribution in [3.63, 3.8) is 0 Å². The normalized spacial score (nSPS) is 12.5. The Morgan fingerprint density at radius 3 is 1.47 bits per heavy atom. The average Bonchev–Trinajstić information content (AvgIpc) is 3.14. The van der Waals surface area contributed by atoms with E-state index in [1.54, 1.807) is 0 Å². The minimum atomic E-state index is -0.521. The van der Waals surface area contributed by atoms with E-state index in [-0.39, 0.29) is 5.97 Å². The molecular weight excluding hydrogens is 673 g/mol. The molecule has 0 saturated carbocycles. The Balaban J connectivity index is 3.92. The molecule has 0 radical (unpaired) electrons. The van der Waals surface area contributed by atoms with Crippen molar-refractivity contribution < 1.29 is 19.1 Å². The summed E-state index contributed by atoms with van der Waals surface area (Å²) in [6.07, 6.45) is 48.6. The van der Waals surface area contributed by atoms with Crippen molar-refractivity contribution in [3.8, 4) is 0 Å². The zero-order valence-electron chi connectivity index (χ0n) is 36.0. The van der Waals surface area contributed by atoms with E-state index < -0.39 is 7.92 Å². The van der Waals surface area contributed by atoms with Crippen LogP contribution in [0.25, 0.3) is 0 Å². The summed E-state index contributed by atoms with van der Waals surface area (Å²) in [4.78, 5) is 27.4. The van der Waals surface area contributed by atoms with Gasteiger partial charge in [0.15, 0.2) is 5.52 Å². The van der Waals surface area contributed by atoms with E-state index >= 15 is 0 Å². The predicted octanol–water partition coefficient (Wildman–Crippen LogP) is 14.4. The van der Waals surface area contributed by atoms with E-state index in [0.29, 0.717) is 18.6 Å². The van der Waals surface area contributed by atoms with Crippen LogP contribution < -0.4 is 0 Å². The van der Waals surface area contributed by atoms with Crippen LogP contribution in [0.2, 0.25) is 0 Å². The molecule has 1 unspecified atom stereocenters. The lowest BCUT2D eigenvalue weighted by Crippen LogP contribution is -2.14. The predicted molar refractivity (Wildman–Crippen MR) is 235 cm³/mol. The molecule has 0 amide bonds. The Morgan fingerprint density at radius 2 is 0.943 bits per heavy atom. The second-order valence-corrected chi connectivity index (χ2v) is 18.3. The largest absolute Gasteiger partial charge is 0.461 e. The van der Waals surface area contributed by atoms with Gasteiger partial charge in [0.05, 0.1) is 6.61 Å². The number of allylic oxidation sites excluding steroid dienone is 2. The summed E-state index contributed by atoms with van der Waals surface area (Å²) in [7, 11) is 3.65. The summed E-state index contributed by atoms with van der Waals surface area (Å²) in [6.45, 7) is 7.56. The van der Waals surface area contributed by atoms with Gasteiger partial charge in [-0.3, -0.25) is 9.59 Å². The second kappa shape index (κ2) is 43.7. The van der Waals surface area contributed by atoms with Crippen LogP contribution in [0.15, 0.2) is 24.3 Å². The van der Waals surface area contributed by atoms with Crippen molar-refractivity contribution >= 4 is 19.4 Å². The van der Waals surface area contributed by atoms with Crippen LogP contribution in [0.3, 0.4) is 0 Å². The molecule has 0 aliphatic heterocycles. The molecule has 5 nitrogen and oxygen atoms in total. The molecule has 1 atom stereocenters. The van der Waals surface area contributed by atoms with Gasteiger partial charge in [-0.2, -0.15) is 0 Å². The number of rotatable bonds is 43. The summed E-state index contributed by atoms with van der Waals surface area (Å²) >= 11 is 0. The molecule has 0 bridgehead atoms. The number of carbonyl (C=O) groups excluding carboxylic acids is 2. The molecule has 0 aromatic rings. The van der Waals surface area contributed by atoms with Gasteiger partial charge in [0.25, 0.3) is 0 Å². The monoisotopic (exact) mass is 764 g/mol. The molecule has 53 heavy (non-hydrogen) atoms. The molecule has 6 heteroatoms. The van der Waals surface area contributed by atoms with Crippen LogP contribution in [0.4, 0.5) is 0 Å². The van der Waals surface area contributed by atoms with E-state index in [1.807, 2.05) is 6.08 Å². The maximum Gasteiger partial charge on any atom is 0.306 e. The third-order valence-corrected chi connectivity index (χ3v) is 12.9. The fraction of sp³-hybridized carbons (Fsp3) is 0.872. The SMILES string of the molecule is CCCCCCCCCC/C=C\COCCCCCCCP(CCCCCCCC(=O)OC/C=C\CCCCCCCCCC)C(=O)CCCN(C)C. The molecule has 312 valence electrons. The van der Waals surface area contributed by atoms with E-state index in [4.69, 9.17) is 9.47 Å². The lowest BCUT2D eigenvalue weighted by Gasteiger charge is -2.17. The van der Waals surface area contributed by atoms with Crippen LogP contribution in [0.1, 0.15) is 213 Å². The van der Waals surface area contributed by atoms with Gasteiger partial charge in [0.1, 0.15) is 6.61 Å². The van der Waals surface area contributed by atoms with Crippen molar-refractivity contribution in [2.24, 2.45) is 0 Å². The lowest BCUT2D eigenvalue weighted by molar-refractivity contribution is -0.142. The summed E-state index contributed by atoms with van der Waals surface area (Å²) in [5.74, 6) is -0.0714. The number of hydrogen-bond acceptors (Lipinski definition) is 5. The third-order valence-electron chi connectivity index (χ3n) is 10.2. The Morgan fingerprint density at radius 1 is 0.491 bits per heavy atom. The molecule has 0 aromatic carbocycles. The highest BCUT2D eigenvalue weighted by Crippen LogP contribution is 2.40. The number of esters is 1. The van der Waals surface area contributed by atoms with Crippen LogP contribution in [-0.2, 0) is 19.1 Å². The number of unbranched alkanes of at least 4 members (excludes halogenated alkanes) is 24. The van der Waals surface area contributed by atoms with Gasteiger partial charge in [-0.05, 0) is 98.7 Å². The molecule has 0 aromatic heterocycles. The number of ether oxygens (including phenoxy) is 2. The molecule has 0 saturated heterocycles. The minimum absolute atomic E-state index is 0.0714. The van der Waals surface area contributed by atoms with Crippen LogP contribution >= 0.6 is 7.92 Å². The molecule has 0 aliphatic rings. The molecule has 0 aliphatic carbocycles. The van der Waals surface area contributed by atoms with Crippen molar-refractivity contribution in [1.29, 1.82) is 0 Å². The molecule has 0 heterocycles. The fourth-order valence-electron chi connectivity index (χ4n) is 6.73. The van der Waals surface area contributed by atoms with Gasteiger partial charge in [0.2, 0.25) is 0 Å². The Kier molecular flexibility index (Phi) is 42.8. The zero-order valence-corrected chi connectivity index (χ0v) is 36.9. The number of nitrogens with zero attached hydrogens (tertiary/aromatic N) is 1. The van der Waals surface area contributed by atoms with E-state index in [0.717, 1.165) is 89.9 Å². The maximum absolute atomic E-state index is 13.1. The number of carbonyl (C=O) groups is 2. The Hall–Kier alpha value is -1.03. The Labute approximate surface area is 332 Å². The maximum atomic E-state index is 13.1. The molecule has 0 N–H and O–H groups in total. The smallest absolute Gasteiger partial charge is 0.306 e. The molecule has 0 fully saturated rings. The average molecular weight is 764 g/mol. The fourth-order valence-corrected chi connectivity index (χ4v) is 9.14. The molecule has 0 spiro atoms. The first-order valence-corrected chi connectivity index (χ1v) is 24.7. The van der Waals surface area contributed by atoms with Gasteiger partial charge in [-0.1, -0.05) is 167 Å². The second-order valence-electron chi connectivity index (χ2n) is 15.8. The minimum Gasteiger partial charge on any atom is -0.461 e. The third kappa shape index (κ3) is 42.0. The van der Waals surface area contributed by atoms with Crippen molar-refractivity contribution in [2.75, 3.05) is 52.8 Å². The highest BCUT2D eigenvalue weighted by Gasteiger charge is 2.17.